The number of aromatic nitrogens is 3. The van der Waals surface area contributed by atoms with Gasteiger partial charge in [-0.2, -0.15) is 0 Å². The summed E-state index contributed by atoms with van der Waals surface area (Å²) in [5, 5.41) is 17.4. The molecule has 5 aromatic rings. The van der Waals surface area contributed by atoms with Crippen molar-refractivity contribution in [2.24, 2.45) is 0 Å². The summed E-state index contributed by atoms with van der Waals surface area (Å²) in [6.45, 7) is 2.87. The Morgan fingerprint density at radius 3 is 2.66 bits per heavy atom. The first kappa shape index (κ1) is 28.6. The topological polar surface area (TPSA) is 130 Å². The Hall–Kier alpha value is -5.51. The van der Waals surface area contributed by atoms with Crippen LogP contribution in [0.3, 0.4) is 0 Å². The summed E-state index contributed by atoms with van der Waals surface area (Å²) in [5.41, 5.74) is 3.84. The molecule has 10 nitrogen and oxygen atoms in total. The third kappa shape index (κ3) is 6.44. The van der Waals surface area contributed by atoms with Crippen molar-refractivity contribution in [1.29, 1.82) is 0 Å². The highest BCUT2D eigenvalue weighted by molar-refractivity contribution is 6.05. The van der Waals surface area contributed by atoms with Crippen LogP contribution in [0.2, 0.25) is 0 Å². The molecule has 0 aliphatic carbocycles. The number of fused-ring (bicyclic) bond motifs is 1. The number of hydrogen-bond donors (Lipinski definition) is 3. The number of nitrogens with zero attached hydrogens (tertiary/aromatic N) is 4. The number of rotatable bonds is 8. The Kier molecular flexibility index (Phi) is 8.31. The average Bonchev–Trinajstić information content (AvgIpc) is 3.03. The molecule has 2 aromatic heterocycles. The Balaban J connectivity index is 1.26. The molecule has 1 saturated heterocycles. The first-order valence-electron chi connectivity index (χ1n) is 14.5. The number of hydrogen-bond acceptors (Lipinski definition) is 7. The van der Waals surface area contributed by atoms with E-state index in [0.717, 1.165) is 34.7 Å². The van der Waals surface area contributed by atoms with Crippen LogP contribution in [0.4, 0.5) is 16.4 Å². The van der Waals surface area contributed by atoms with Gasteiger partial charge in [0.15, 0.2) is 0 Å². The number of carboxylic acid groups (broad SMARTS) is 1. The predicted molar refractivity (Wildman–Crippen MR) is 169 cm³/mol. The van der Waals surface area contributed by atoms with Gasteiger partial charge in [-0.05, 0) is 55.2 Å². The Labute approximate surface area is 254 Å². The number of anilines is 2. The minimum absolute atomic E-state index is 0.0829. The van der Waals surface area contributed by atoms with Crippen LogP contribution in [-0.2, 0) is 11.2 Å². The molecule has 1 fully saturated rings. The largest absolute Gasteiger partial charge is 0.465 e. The van der Waals surface area contributed by atoms with Crippen molar-refractivity contribution >= 4 is 34.4 Å². The fourth-order valence-electron chi connectivity index (χ4n) is 5.45. The third-order valence-electron chi connectivity index (χ3n) is 7.62. The fraction of sp³-hybridized carbons (Fsp3) is 0.206. The molecule has 1 aliphatic heterocycles. The van der Waals surface area contributed by atoms with Gasteiger partial charge in [-0.15, -0.1) is 0 Å². The van der Waals surface area contributed by atoms with Gasteiger partial charge in [0.1, 0.15) is 5.75 Å². The molecular weight excluding hydrogens is 556 g/mol. The van der Waals surface area contributed by atoms with Crippen LogP contribution in [-0.4, -0.2) is 56.1 Å². The highest BCUT2D eigenvalue weighted by Crippen LogP contribution is 2.38. The third-order valence-corrected chi connectivity index (χ3v) is 7.62. The molecule has 44 heavy (non-hydrogen) atoms. The molecule has 3 heterocycles. The zero-order valence-electron chi connectivity index (χ0n) is 24.2. The molecule has 0 spiro atoms. The Morgan fingerprint density at radius 2 is 1.82 bits per heavy atom. The van der Waals surface area contributed by atoms with E-state index < -0.39 is 6.09 Å². The van der Waals surface area contributed by atoms with Crippen molar-refractivity contribution in [3.05, 3.63) is 102 Å². The smallest absolute Gasteiger partial charge is 0.407 e. The number of amides is 2. The van der Waals surface area contributed by atoms with Gasteiger partial charge in [0.25, 0.3) is 0 Å². The minimum atomic E-state index is -0.922. The van der Waals surface area contributed by atoms with Crippen LogP contribution in [0, 0.1) is 6.92 Å². The highest BCUT2D eigenvalue weighted by atomic mass is 16.5. The van der Waals surface area contributed by atoms with Gasteiger partial charge >= 0.3 is 6.09 Å². The first-order valence-corrected chi connectivity index (χ1v) is 14.5. The van der Waals surface area contributed by atoms with Crippen LogP contribution < -0.4 is 15.4 Å². The number of benzene rings is 3. The van der Waals surface area contributed by atoms with E-state index in [1.165, 1.54) is 4.90 Å². The van der Waals surface area contributed by atoms with E-state index in [-0.39, 0.29) is 18.4 Å². The molecule has 1 atom stereocenters. The van der Waals surface area contributed by atoms with Crippen LogP contribution in [0.1, 0.15) is 24.0 Å². The number of likely N-dealkylation sites (tertiary alicyclic amines) is 1. The van der Waals surface area contributed by atoms with Crippen molar-refractivity contribution in [3.8, 4) is 22.9 Å². The highest BCUT2D eigenvalue weighted by Gasteiger charge is 2.24. The summed E-state index contributed by atoms with van der Waals surface area (Å²) < 4.78 is 6.52. The lowest BCUT2D eigenvalue weighted by Crippen LogP contribution is -2.44. The van der Waals surface area contributed by atoms with E-state index in [0.29, 0.717) is 47.6 Å². The number of nitrogens with one attached hydrogen (secondary N) is 2. The van der Waals surface area contributed by atoms with Crippen LogP contribution in [0.5, 0.6) is 11.6 Å². The quantitative estimate of drug-likeness (QED) is 0.187. The molecule has 1 aliphatic rings. The number of carbonyl (C=O) groups is 2. The van der Waals surface area contributed by atoms with Gasteiger partial charge in [0.2, 0.25) is 17.7 Å². The lowest BCUT2D eigenvalue weighted by atomic mass is 10.0. The molecule has 6 rings (SSSR count). The van der Waals surface area contributed by atoms with E-state index in [2.05, 4.69) is 20.6 Å². The molecule has 3 N–H and O–H groups in total. The summed E-state index contributed by atoms with van der Waals surface area (Å²) in [7, 11) is 0. The predicted octanol–water partition coefficient (Wildman–Crippen LogP) is 6.53. The van der Waals surface area contributed by atoms with Gasteiger partial charge in [0, 0.05) is 48.0 Å². The second kappa shape index (κ2) is 12.8. The van der Waals surface area contributed by atoms with E-state index in [1.54, 1.807) is 18.5 Å². The lowest BCUT2D eigenvalue weighted by Gasteiger charge is -2.31. The summed E-state index contributed by atoms with van der Waals surface area (Å²) in [6, 6.07) is 24.7. The zero-order valence-corrected chi connectivity index (χ0v) is 24.2. The number of piperidine rings is 1. The average molecular weight is 589 g/mol. The molecule has 2 amide bonds. The normalized spacial score (nSPS) is 14.7. The van der Waals surface area contributed by atoms with E-state index in [9.17, 15) is 14.7 Å². The minimum Gasteiger partial charge on any atom is -0.465 e. The maximum Gasteiger partial charge on any atom is 0.407 e. The van der Waals surface area contributed by atoms with Gasteiger partial charge in [-0.3, -0.25) is 4.79 Å². The second-order valence-electron chi connectivity index (χ2n) is 10.8. The van der Waals surface area contributed by atoms with Crippen LogP contribution in [0.15, 0.2) is 91.3 Å². The number of carbonyl (C=O) groups excluding carboxylic acids is 1. The summed E-state index contributed by atoms with van der Waals surface area (Å²) in [5.74, 6) is 1.31. The molecule has 3 aromatic carbocycles. The maximum atomic E-state index is 12.9. The second-order valence-corrected chi connectivity index (χ2v) is 10.8. The molecule has 1 unspecified atom stereocenters. The van der Waals surface area contributed by atoms with E-state index in [1.807, 2.05) is 79.7 Å². The first-order chi connectivity index (χ1) is 21.4. The van der Waals surface area contributed by atoms with E-state index in [4.69, 9.17) is 9.72 Å². The van der Waals surface area contributed by atoms with Crippen molar-refractivity contribution in [2.45, 2.75) is 32.2 Å². The number of aryl methyl sites for hydroxylation is 1. The molecule has 10 heteroatoms. The number of pyridine rings is 1. The van der Waals surface area contributed by atoms with Gasteiger partial charge in [0.05, 0.1) is 17.7 Å². The molecule has 222 valence electrons. The van der Waals surface area contributed by atoms with Gasteiger partial charge < -0.3 is 25.4 Å². The van der Waals surface area contributed by atoms with Crippen molar-refractivity contribution < 1.29 is 19.4 Å². The maximum absolute atomic E-state index is 12.9. The molecule has 0 bridgehead atoms. The van der Waals surface area contributed by atoms with Crippen LogP contribution in [0.25, 0.3) is 22.0 Å². The number of ether oxygens (including phenoxy) is 1. The van der Waals surface area contributed by atoms with Crippen molar-refractivity contribution in [1.82, 2.24) is 19.9 Å². The standard InChI is InChI=1S/C34H32N6O4/c1-22-14-15-25-26(11-5-13-28(25)38-30(41)20-23-8-3-2-4-9-23)31(22)44-32-27(12-6-17-35-32)29-16-18-36-33(39-29)37-24-10-7-19-40(21-24)34(42)43/h2-6,8-9,11-18,24H,7,10,19-21H2,1H3,(H,38,41)(H,42,43)(H,36,37,39). The molecule has 0 saturated carbocycles. The zero-order chi connectivity index (χ0) is 30.5. The molecule has 0 radical (unpaired) electrons. The van der Waals surface area contributed by atoms with Crippen molar-refractivity contribution in [2.75, 3.05) is 23.7 Å². The Morgan fingerprint density at radius 1 is 0.955 bits per heavy atom. The van der Waals surface area contributed by atoms with E-state index >= 15 is 0 Å². The van der Waals surface area contributed by atoms with Gasteiger partial charge in [-0.1, -0.05) is 54.6 Å². The Bertz CT molecular complexity index is 1810. The fourth-order valence-corrected chi connectivity index (χ4v) is 5.45. The summed E-state index contributed by atoms with van der Waals surface area (Å²) in [4.78, 5) is 39.4. The van der Waals surface area contributed by atoms with Crippen LogP contribution >= 0.6 is 0 Å². The lowest BCUT2D eigenvalue weighted by molar-refractivity contribution is -0.115. The monoisotopic (exact) mass is 588 g/mol. The summed E-state index contributed by atoms with van der Waals surface area (Å²) >= 11 is 0. The summed E-state index contributed by atoms with van der Waals surface area (Å²) in [6.07, 6.45) is 4.27. The SMILES string of the molecule is Cc1ccc2c(NC(=O)Cc3ccccc3)cccc2c1Oc1ncccc1-c1ccnc(NC2CCCN(C(=O)O)C2)n1. The van der Waals surface area contributed by atoms with Gasteiger partial charge in [-0.25, -0.2) is 19.7 Å². The molecular formula is C34H32N6O4. The van der Waals surface area contributed by atoms with Crippen molar-refractivity contribution in [3.63, 3.8) is 0 Å².